The van der Waals surface area contributed by atoms with Crippen LogP contribution in [0.25, 0.3) is 10.9 Å². The summed E-state index contributed by atoms with van der Waals surface area (Å²) in [4.78, 5) is 15.0. The molecule has 0 bridgehead atoms. The maximum atomic E-state index is 11.9. The van der Waals surface area contributed by atoms with Gasteiger partial charge in [-0.3, -0.25) is 0 Å². The van der Waals surface area contributed by atoms with Crippen molar-refractivity contribution in [2.45, 2.75) is 19.8 Å². The Hall–Kier alpha value is -1.52. The minimum Gasteiger partial charge on any atom is -0.461 e. The molecule has 2 aromatic rings. The highest BCUT2D eigenvalue weighted by atomic mass is 35.5. The van der Waals surface area contributed by atoms with E-state index in [2.05, 4.69) is 4.98 Å². The first-order chi connectivity index (χ1) is 9.17. The number of aliphatic hydroxyl groups excluding tert-OH is 1. The highest BCUT2D eigenvalue weighted by Crippen LogP contribution is 2.27. The number of rotatable bonds is 5. The molecule has 2 N–H and O–H groups in total. The van der Waals surface area contributed by atoms with Gasteiger partial charge < -0.3 is 14.8 Å². The monoisotopic (exact) mass is 281 g/mol. The van der Waals surface area contributed by atoms with Gasteiger partial charge in [0.1, 0.15) is 5.69 Å². The van der Waals surface area contributed by atoms with E-state index in [1.54, 1.807) is 19.1 Å². The van der Waals surface area contributed by atoms with Crippen molar-refractivity contribution < 1.29 is 14.6 Å². The molecule has 4 nitrogen and oxygen atoms in total. The maximum Gasteiger partial charge on any atom is 0.355 e. The fraction of sp³-hybridized carbons (Fsp3) is 0.357. The number of hydrogen-bond donors (Lipinski definition) is 2. The topological polar surface area (TPSA) is 62.3 Å². The standard InChI is InChI=1S/C14H16ClNO3/c1-2-19-14(18)13-11(4-3-7-17)10-6-5-9(15)8-12(10)16-13/h5-6,8,16-17H,2-4,7H2,1H3. The molecule has 0 aliphatic carbocycles. The van der Waals surface area contributed by atoms with Crippen molar-refractivity contribution in [2.75, 3.05) is 13.2 Å². The molecule has 0 saturated heterocycles. The number of ether oxygens (including phenoxy) is 1. The van der Waals surface area contributed by atoms with Crippen LogP contribution in [-0.2, 0) is 11.2 Å². The van der Waals surface area contributed by atoms with Crippen LogP contribution in [0.5, 0.6) is 0 Å². The number of carbonyl (C=O) groups excluding carboxylic acids is 1. The highest BCUT2D eigenvalue weighted by Gasteiger charge is 2.18. The lowest BCUT2D eigenvalue weighted by molar-refractivity contribution is 0.0519. The summed E-state index contributed by atoms with van der Waals surface area (Å²) < 4.78 is 5.04. The molecule has 1 aromatic carbocycles. The van der Waals surface area contributed by atoms with Crippen LogP contribution < -0.4 is 0 Å². The lowest BCUT2D eigenvalue weighted by Gasteiger charge is -2.03. The molecule has 0 aliphatic rings. The smallest absolute Gasteiger partial charge is 0.355 e. The van der Waals surface area contributed by atoms with Crippen molar-refractivity contribution in [3.63, 3.8) is 0 Å². The molecule has 0 fully saturated rings. The lowest BCUT2D eigenvalue weighted by Crippen LogP contribution is -2.08. The minimum atomic E-state index is -0.372. The summed E-state index contributed by atoms with van der Waals surface area (Å²) in [5.74, 6) is -0.372. The Balaban J connectivity index is 2.50. The number of H-pyrrole nitrogens is 1. The van der Waals surface area contributed by atoms with Gasteiger partial charge >= 0.3 is 5.97 Å². The van der Waals surface area contributed by atoms with Gasteiger partial charge in [-0.2, -0.15) is 0 Å². The number of carbonyl (C=O) groups is 1. The summed E-state index contributed by atoms with van der Waals surface area (Å²) >= 11 is 5.95. The van der Waals surface area contributed by atoms with Crippen molar-refractivity contribution in [1.82, 2.24) is 4.98 Å². The molecule has 5 heteroatoms. The van der Waals surface area contributed by atoms with Crippen molar-refractivity contribution in [3.05, 3.63) is 34.5 Å². The number of hydrogen-bond acceptors (Lipinski definition) is 3. The summed E-state index contributed by atoms with van der Waals surface area (Å²) in [5.41, 5.74) is 2.13. The van der Waals surface area contributed by atoms with Crippen LogP contribution in [0.15, 0.2) is 18.2 Å². The SMILES string of the molecule is CCOC(=O)c1[nH]c2cc(Cl)ccc2c1CCCO. The quantitative estimate of drug-likeness (QED) is 0.828. The lowest BCUT2D eigenvalue weighted by atomic mass is 10.1. The van der Waals surface area contributed by atoms with Crippen LogP contribution in [0, 0.1) is 0 Å². The van der Waals surface area contributed by atoms with E-state index in [4.69, 9.17) is 21.4 Å². The van der Waals surface area contributed by atoms with Gasteiger partial charge in [0.15, 0.2) is 0 Å². The van der Waals surface area contributed by atoms with Crippen LogP contribution in [0.3, 0.4) is 0 Å². The van der Waals surface area contributed by atoms with Gasteiger partial charge in [-0.15, -0.1) is 0 Å². The first-order valence-corrected chi connectivity index (χ1v) is 6.63. The number of fused-ring (bicyclic) bond motifs is 1. The number of aromatic amines is 1. The average molecular weight is 282 g/mol. The number of benzene rings is 1. The van der Waals surface area contributed by atoms with Crippen LogP contribution in [0.2, 0.25) is 5.02 Å². The van der Waals surface area contributed by atoms with Crippen LogP contribution in [0.1, 0.15) is 29.4 Å². The highest BCUT2D eigenvalue weighted by molar-refractivity contribution is 6.31. The zero-order valence-electron chi connectivity index (χ0n) is 10.7. The molecule has 0 unspecified atom stereocenters. The van der Waals surface area contributed by atoms with Gasteiger partial charge in [-0.1, -0.05) is 17.7 Å². The fourth-order valence-corrected chi connectivity index (χ4v) is 2.29. The average Bonchev–Trinajstić information content (AvgIpc) is 2.74. The van der Waals surface area contributed by atoms with Crippen LogP contribution in [-0.4, -0.2) is 29.3 Å². The summed E-state index contributed by atoms with van der Waals surface area (Å²) in [6.07, 6.45) is 1.22. The molecular weight excluding hydrogens is 266 g/mol. The second-order valence-electron chi connectivity index (χ2n) is 4.22. The number of nitrogens with one attached hydrogen (secondary N) is 1. The summed E-state index contributed by atoms with van der Waals surface area (Å²) in [5, 5.41) is 10.5. The molecule has 0 atom stereocenters. The Labute approximate surface area is 116 Å². The Morgan fingerprint density at radius 2 is 2.26 bits per heavy atom. The van der Waals surface area contributed by atoms with Crippen molar-refractivity contribution in [1.29, 1.82) is 0 Å². The Kier molecular flexibility index (Phi) is 4.45. The zero-order valence-corrected chi connectivity index (χ0v) is 11.5. The van der Waals surface area contributed by atoms with E-state index in [0.717, 1.165) is 16.5 Å². The Bertz CT molecular complexity index is 592. The first kappa shape index (κ1) is 13.9. The van der Waals surface area contributed by atoms with Gasteiger partial charge in [-0.05, 0) is 37.5 Å². The minimum absolute atomic E-state index is 0.0858. The third-order valence-corrected chi connectivity index (χ3v) is 3.17. The van der Waals surface area contributed by atoms with Gasteiger partial charge in [0.05, 0.1) is 6.61 Å². The largest absolute Gasteiger partial charge is 0.461 e. The predicted octanol–water partition coefficient (Wildman–Crippen LogP) is 2.92. The van der Waals surface area contributed by atoms with Gasteiger partial charge in [0, 0.05) is 22.5 Å². The Morgan fingerprint density at radius 3 is 2.95 bits per heavy atom. The molecule has 1 aromatic heterocycles. The van der Waals surface area contributed by atoms with E-state index >= 15 is 0 Å². The maximum absolute atomic E-state index is 11.9. The van der Waals surface area contributed by atoms with Crippen molar-refractivity contribution in [3.8, 4) is 0 Å². The molecule has 0 amide bonds. The van der Waals surface area contributed by atoms with E-state index < -0.39 is 0 Å². The van der Waals surface area contributed by atoms with Gasteiger partial charge in [0.2, 0.25) is 0 Å². The number of halogens is 1. The third kappa shape index (κ3) is 2.91. The zero-order chi connectivity index (χ0) is 13.8. The van der Waals surface area contributed by atoms with Crippen LogP contribution in [0.4, 0.5) is 0 Å². The predicted molar refractivity (Wildman–Crippen MR) is 74.7 cm³/mol. The van der Waals surface area contributed by atoms with Crippen molar-refractivity contribution in [2.24, 2.45) is 0 Å². The normalized spacial score (nSPS) is 10.9. The molecule has 0 aliphatic heterocycles. The summed E-state index contributed by atoms with van der Waals surface area (Å²) in [6.45, 7) is 2.18. The van der Waals surface area contributed by atoms with E-state index in [-0.39, 0.29) is 12.6 Å². The van der Waals surface area contributed by atoms with E-state index in [1.807, 2.05) is 6.07 Å². The fourth-order valence-electron chi connectivity index (χ4n) is 2.12. The number of aryl methyl sites for hydroxylation is 1. The number of esters is 1. The molecule has 0 saturated carbocycles. The third-order valence-electron chi connectivity index (χ3n) is 2.93. The van der Waals surface area contributed by atoms with Crippen LogP contribution >= 0.6 is 11.6 Å². The molecule has 0 radical (unpaired) electrons. The number of aliphatic hydroxyl groups is 1. The van der Waals surface area contributed by atoms with Crippen molar-refractivity contribution >= 4 is 28.5 Å². The van der Waals surface area contributed by atoms with Gasteiger partial charge in [0.25, 0.3) is 0 Å². The second kappa shape index (κ2) is 6.08. The summed E-state index contributed by atoms with van der Waals surface area (Å²) in [6, 6.07) is 5.45. The molecule has 19 heavy (non-hydrogen) atoms. The van der Waals surface area contributed by atoms with E-state index in [1.165, 1.54) is 0 Å². The summed E-state index contributed by atoms with van der Waals surface area (Å²) in [7, 11) is 0. The molecule has 102 valence electrons. The van der Waals surface area contributed by atoms with E-state index in [0.29, 0.717) is 30.2 Å². The first-order valence-electron chi connectivity index (χ1n) is 6.25. The molecular formula is C14H16ClNO3. The van der Waals surface area contributed by atoms with Gasteiger partial charge in [-0.25, -0.2) is 4.79 Å². The molecule has 1 heterocycles. The number of aromatic nitrogens is 1. The molecule has 0 spiro atoms. The second-order valence-corrected chi connectivity index (χ2v) is 4.65. The molecule has 2 rings (SSSR count). The Morgan fingerprint density at radius 1 is 1.47 bits per heavy atom. The van der Waals surface area contributed by atoms with E-state index in [9.17, 15) is 4.79 Å².